The van der Waals surface area contributed by atoms with Crippen molar-refractivity contribution in [2.24, 2.45) is 0 Å². The first kappa shape index (κ1) is 24.6. The van der Waals surface area contributed by atoms with Crippen LogP contribution in [0.4, 0.5) is 28.4 Å². The average molecular weight is 464 g/mol. The maximum atomic E-state index is 10.1. The summed E-state index contributed by atoms with van der Waals surface area (Å²) in [7, 11) is -1.59. The summed E-state index contributed by atoms with van der Waals surface area (Å²) in [4.78, 5) is 2.17. The molecule has 0 aliphatic carbocycles. The minimum absolute atomic E-state index is 0.0630. The lowest BCUT2D eigenvalue weighted by Gasteiger charge is -2.27. The monoisotopic (exact) mass is 464 g/mol. The van der Waals surface area contributed by atoms with Crippen LogP contribution in [0.25, 0.3) is 0 Å². The molecule has 178 valence electrons. The van der Waals surface area contributed by atoms with Crippen molar-refractivity contribution in [1.82, 2.24) is 0 Å². The Morgan fingerprint density at radius 3 is 1.60 bits per heavy atom. The molecule has 0 bridgehead atoms. The summed E-state index contributed by atoms with van der Waals surface area (Å²) < 4.78 is 0. The minimum atomic E-state index is -1.59. The van der Waals surface area contributed by atoms with Gasteiger partial charge in [-0.15, -0.1) is 0 Å². The second-order valence-electron chi connectivity index (χ2n) is 10.1. The number of aryl methyl sites for hydroxylation is 2. The van der Waals surface area contributed by atoms with Crippen LogP contribution in [0.3, 0.4) is 0 Å². The minimum Gasteiger partial charge on any atom is -0.423 e. The molecule has 4 aromatic carbocycles. The molecule has 0 saturated carbocycles. The third kappa shape index (κ3) is 5.76. The highest BCUT2D eigenvalue weighted by Crippen LogP contribution is 2.36. The molecular weight excluding hydrogens is 431 g/mol. The summed E-state index contributed by atoms with van der Waals surface area (Å²) in [6.07, 6.45) is 0. The van der Waals surface area contributed by atoms with Crippen LogP contribution in [0.5, 0.6) is 0 Å². The van der Waals surface area contributed by atoms with Gasteiger partial charge in [-0.1, -0.05) is 74.4 Å². The van der Waals surface area contributed by atoms with Crippen LogP contribution < -0.4 is 15.7 Å². The van der Waals surface area contributed by atoms with Crippen LogP contribution >= 0.6 is 0 Å². The van der Waals surface area contributed by atoms with Crippen molar-refractivity contribution in [2.45, 2.75) is 40.0 Å². The number of nitrogens with one attached hydrogen (secondary N) is 1. The Labute approximate surface area is 209 Å². The Hall–Kier alpha value is -3.54. The number of hydrogen-bond acceptors (Lipinski definition) is 4. The largest absolute Gasteiger partial charge is 0.490 e. The van der Waals surface area contributed by atoms with E-state index in [1.54, 1.807) is 6.07 Å². The van der Waals surface area contributed by atoms with Gasteiger partial charge in [0.2, 0.25) is 0 Å². The van der Waals surface area contributed by atoms with E-state index < -0.39 is 7.12 Å². The predicted molar refractivity (Wildman–Crippen MR) is 149 cm³/mol. The topological polar surface area (TPSA) is 55.7 Å². The van der Waals surface area contributed by atoms with Crippen LogP contribution in [0.2, 0.25) is 0 Å². The first-order valence-electron chi connectivity index (χ1n) is 11.9. The summed E-state index contributed by atoms with van der Waals surface area (Å²) >= 11 is 0. The van der Waals surface area contributed by atoms with Gasteiger partial charge in [0, 0.05) is 33.9 Å². The molecule has 0 heterocycles. The first-order valence-corrected chi connectivity index (χ1v) is 11.9. The molecular formula is C30H33BN2O2. The fourth-order valence-corrected chi connectivity index (χ4v) is 4.06. The lowest BCUT2D eigenvalue weighted by Crippen LogP contribution is -2.32. The summed E-state index contributed by atoms with van der Waals surface area (Å²) in [5, 5.41) is 23.5. The van der Waals surface area contributed by atoms with Crippen LogP contribution in [0, 0.1) is 13.8 Å². The normalized spacial score (nSPS) is 11.3. The third-order valence-corrected chi connectivity index (χ3v) is 6.19. The lowest BCUT2D eigenvalue weighted by atomic mass is 9.78. The van der Waals surface area contributed by atoms with Gasteiger partial charge in [0.1, 0.15) is 0 Å². The van der Waals surface area contributed by atoms with E-state index in [0.29, 0.717) is 11.2 Å². The molecule has 0 saturated heterocycles. The van der Waals surface area contributed by atoms with E-state index in [1.165, 1.54) is 16.7 Å². The highest BCUT2D eigenvalue weighted by molar-refractivity contribution is 6.60. The van der Waals surface area contributed by atoms with E-state index >= 15 is 0 Å². The SMILES string of the molecule is Cc1ccc(N(c2ccc(C)cc2)c2ccc(B(O)O)c(Nc3ccc(C(C)(C)C)cc3)c2)cc1. The van der Waals surface area contributed by atoms with Gasteiger partial charge in [-0.2, -0.15) is 0 Å². The molecule has 4 nitrogen and oxygen atoms in total. The van der Waals surface area contributed by atoms with Crippen molar-refractivity contribution < 1.29 is 10.0 Å². The number of benzene rings is 4. The summed E-state index contributed by atoms with van der Waals surface area (Å²) in [6, 6.07) is 30.7. The van der Waals surface area contributed by atoms with Gasteiger partial charge in [-0.3, -0.25) is 0 Å². The Morgan fingerprint density at radius 2 is 1.14 bits per heavy atom. The van der Waals surface area contributed by atoms with Gasteiger partial charge in [0.15, 0.2) is 0 Å². The molecule has 3 N–H and O–H groups in total. The lowest BCUT2D eigenvalue weighted by molar-refractivity contribution is 0.426. The Morgan fingerprint density at radius 1 is 0.657 bits per heavy atom. The van der Waals surface area contributed by atoms with E-state index in [0.717, 1.165) is 22.7 Å². The number of anilines is 5. The van der Waals surface area contributed by atoms with Crippen molar-refractivity contribution in [2.75, 3.05) is 10.2 Å². The first-order chi connectivity index (χ1) is 16.6. The molecule has 0 aliphatic heterocycles. The highest BCUT2D eigenvalue weighted by atomic mass is 16.4. The van der Waals surface area contributed by atoms with E-state index in [1.807, 2.05) is 24.3 Å². The maximum Gasteiger partial charge on any atom is 0.490 e. The van der Waals surface area contributed by atoms with Gasteiger partial charge < -0.3 is 20.3 Å². The van der Waals surface area contributed by atoms with Gasteiger partial charge in [0.25, 0.3) is 0 Å². The summed E-state index contributed by atoms with van der Waals surface area (Å²) in [5.41, 5.74) is 8.60. The Kier molecular flexibility index (Phi) is 7.01. The molecule has 0 aliphatic rings. The van der Waals surface area contributed by atoms with Crippen molar-refractivity contribution in [3.05, 3.63) is 108 Å². The molecule has 4 rings (SSSR count). The molecule has 0 aromatic heterocycles. The fourth-order valence-electron chi connectivity index (χ4n) is 4.06. The van der Waals surface area contributed by atoms with Crippen molar-refractivity contribution in [3.8, 4) is 0 Å². The van der Waals surface area contributed by atoms with Crippen LogP contribution in [0.1, 0.15) is 37.5 Å². The summed E-state index contributed by atoms with van der Waals surface area (Å²) in [6.45, 7) is 10.7. The maximum absolute atomic E-state index is 10.1. The summed E-state index contributed by atoms with van der Waals surface area (Å²) in [5.74, 6) is 0. The van der Waals surface area contributed by atoms with Gasteiger partial charge in [-0.05, 0) is 73.4 Å². The quantitative estimate of drug-likeness (QED) is 0.286. The van der Waals surface area contributed by atoms with Crippen molar-refractivity contribution in [3.63, 3.8) is 0 Å². The molecule has 0 fully saturated rings. The van der Waals surface area contributed by atoms with Gasteiger partial charge >= 0.3 is 7.12 Å². The zero-order valence-electron chi connectivity index (χ0n) is 21.1. The molecule has 0 unspecified atom stereocenters. The predicted octanol–water partition coefficient (Wildman–Crippen LogP) is 6.49. The molecule has 35 heavy (non-hydrogen) atoms. The van der Waals surface area contributed by atoms with Crippen molar-refractivity contribution >= 4 is 41.0 Å². The standard InChI is InChI=1S/C30H33BN2O2/c1-21-6-14-25(15-7-21)33(26-16-8-22(2)9-17-26)27-18-19-28(31(34)35)29(20-27)32-24-12-10-23(11-13-24)30(3,4)5/h6-20,32,34-35H,1-5H3. The molecule has 0 amide bonds. The van der Waals surface area contributed by atoms with Gasteiger partial charge in [-0.25, -0.2) is 0 Å². The van der Waals surface area contributed by atoms with E-state index in [9.17, 15) is 10.0 Å². The zero-order valence-corrected chi connectivity index (χ0v) is 21.1. The van der Waals surface area contributed by atoms with Crippen LogP contribution in [0.15, 0.2) is 91.0 Å². The molecule has 0 radical (unpaired) electrons. The number of rotatable bonds is 6. The second-order valence-corrected chi connectivity index (χ2v) is 10.1. The molecule has 0 atom stereocenters. The average Bonchev–Trinajstić information content (AvgIpc) is 2.81. The van der Waals surface area contributed by atoms with Crippen molar-refractivity contribution in [1.29, 1.82) is 0 Å². The fraction of sp³-hybridized carbons (Fsp3) is 0.200. The smallest absolute Gasteiger partial charge is 0.423 e. The third-order valence-electron chi connectivity index (χ3n) is 6.19. The Balaban J connectivity index is 1.78. The van der Waals surface area contributed by atoms with E-state index in [2.05, 4.69) is 105 Å². The van der Waals surface area contributed by atoms with E-state index in [4.69, 9.17) is 0 Å². The number of hydrogen-bond donors (Lipinski definition) is 3. The zero-order chi connectivity index (χ0) is 25.2. The number of nitrogens with zero attached hydrogens (tertiary/aromatic N) is 1. The molecule has 5 heteroatoms. The highest BCUT2D eigenvalue weighted by Gasteiger charge is 2.20. The Bertz CT molecular complexity index is 1230. The van der Waals surface area contributed by atoms with Crippen LogP contribution in [-0.4, -0.2) is 17.2 Å². The molecule has 4 aromatic rings. The van der Waals surface area contributed by atoms with Crippen LogP contribution in [-0.2, 0) is 5.41 Å². The second kappa shape index (κ2) is 9.99. The molecule has 0 spiro atoms. The van der Waals surface area contributed by atoms with Gasteiger partial charge in [0.05, 0.1) is 0 Å². The van der Waals surface area contributed by atoms with E-state index in [-0.39, 0.29) is 5.41 Å².